The number of aryl methyl sites for hydroxylation is 1. The first-order chi connectivity index (χ1) is 8.49. The summed E-state index contributed by atoms with van der Waals surface area (Å²) in [5.41, 5.74) is 5.16. The minimum atomic E-state index is -0.892. The van der Waals surface area contributed by atoms with E-state index >= 15 is 0 Å². The number of amides is 1. The molecular weight excluding hydrogens is 242 g/mol. The largest absolute Gasteiger partial charge is 0.469 e. The molecule has 0 radical (unpaired) electrons. The van der Waals surface area contributed by atoms with Crippen LogP contribution in [0.2, 0.25) is 0 Å². The molecule has 4 nitrogen and oxygen atoms in total. The second-order valence-electron chi connectivity index (χ2n) is 3.70. The molecule has 0 spiro atoms. The van der Waals surface area contributed by atoms with E-state index in [0.29, 0.717) is 11.8 Å². The van der Waals surface area contributed by atoms with Crippen molar-refractivity contribution in [2.45, 2.75) is 6.92 Å². The van der Waals surface area contributed by atoms with Crippen LogP contribution >= 0.6 is 0 Å². The summed E-state index contributed by atoms with van der Waals surface area (Å²) in [6.45, 7) is 1.60. The van der Waals surface area contributed by atoms with Crippen LogP contribution in [0.4, 0.5) is 20.2 Å². The van der Waals surface area contributed by atoms with Crippen molar-refractivity contribution >= 4 is 17.3 Å². The predicted molar refractivity (Wildman–Crippen MR) is 62.2 cm³/mol. The van der Waals surface area contributed by atoms with Crippen LogP contribution < -0.4 is 11.1 Å². The molecule has 94 valence electrons. The molecule has 0 bridgehead atoms. The Kier molecular flexibility index (Phi) is 3.01. The van der Waals surface area contributed by atoms with Gasteiger partial charge in [0, 0.05) is 6.07 Å². The summed E-state index contributed by atoms with van der Waals surface area (Å²) in [6, 6.07) is 3.10. The quantitative estimate of drug-likeness (QED) is 0.807. The van der Waals surface area contributed by atoms with Crippen molar-refractivity contribution in [3.8, 4) is 0 Å². The highest BCUT2D eigenvalue weighted by atomic mass is 19.1. The molecule has 0 saturated carbocycles. The lowest BCUT2D eigenvalue weighted by atomic mass is 10.2. The van der Waals surface area contributed by atoms with Gasteiger partial charge in [-0.1, -0.05) is 0 Å². The molecule has 0 saturated heterocycles. The maximum Gasteiger partial charge on any atom is 0.259 e. The molecule has 0 aliphatic heterocycles. The van der Waals surface area contributed by atoms with Crippen LogP contribution in [0, 0.1) is 18.6 Å². The average Bonchev–Trinajstić information content (AvgIpc) is 2.72. The Bertz CT molecular complexity index is 608. The van der Waals surface area contributed by atoms with Crippen LogP contribution in [-0.2, 0) is 0 Å². The zero-order chi connectivity index (χ0) is 13.3. The summed E-state index contributed by atoms with van der Waals surface area (Å²) in [4.78, 5) is 11.8. The summed E-state index contributed by atoms with van der Waals surface area (Å²) in [5.74, 6) is -1.91. The fraction of sp³-hybridized carbons (Fsp3) is 0.0833. The number of nitrogens with two attached hydrogens (primary N) is 1. The second-order valence-corrected chi connectivity index (χ2v) is 3.70. The minimum Gasteiger partial charge on any atom is -0.469 e. The second kappa shape index (κ2) is 4.48. The van der Waals surface area contributed by atoms with Crippen molar-refractivity contribution in [2.24, 2.45) is 0 Å². The van der Waals surface area contributed by atoms with Gasteiger partial charge < -0.3 is 15.5 Å². The molecule has 1 amide bonds. The van der Waals surface area contributed by atoms with Crippen LogP contribution in [0.25, 0.3) is 0 Å². The number of hydrogen-bond acceptors (Lipinski definition) is 3. The molecule has 3 N–H and O–H groups in total. The van der Waals surface area contributed by atoms with Crippen LogP contribution in [0.15, 0.2) is 28.9 Å². The van der Waals surface area contributed by atoms with Gasteiger partial charge in [0.05, 0.1) is 23.2 Å². The van der Waals surface area contributed by atoms with Gasteiger partial charge in [-0.15, -0.1) is 0 Å². The van der Waals surface area contributed by atoms with Crippen molar-refractivity contribution in [1.82, 2.24) is 0 Å². The average molecular weight is 252 g/mol. The van der Waals surface area contributed by atoms with E-state index in [0.717, 1.165) is 6.07 Å². The van der Waals surface area contributed by atoms with Gasteiger partial charge in [0.1, 0.15) is 17.4 Å². The van der Waals surface area contributed by atoms with E-state index in [-0.39, 0.29) is 16.9 Å². The van der Waals surface area contributed by atoms with Gasteiger partial charge in [0.2, 0.25) is 0 Å². The number of benzene rings is 1. The SMILES string of the molecule is Cc1occc1C(=O)Nc1cc(N)c(F)cc1F. The predicted octanol–water partition coefficient (Wildman–Crippen LogP) is 2.70. The van der Waals surface area contributed by atoms with Gasteiger partial charge in [-0.25, -0.2) is 8.78 Å². The van der Waals surface area contributed by atoms with E-state index in [9.17, 15) is 13.6 Å². The number of nitrogen functional groups attached to an aromatic ring is 1. The molecule has 0 unspecified atom stereocenters. The highest BCUT2D eigenvalue weighted by molar-refractivity contribution is 6.05. The molecule has 18 heavy (non-hydrogen) atoms. The summed E-state index contributed by atoms with van der Waals surface area (Å²) >= 11 is 0. The first-order valence-corrected chi connectivity index (χ1v) is 5.09. The standard InChI is InChI=1S/C12H10F2N2O2/c1-6-7(2-3-18-6)12(17)16-11-5-10(15)8(13)4-9(11)14/h2-5H,15H2,1H3,(H,16,17). The van der Waals surface area contributed by atoms with Crippen molar-refractivity contribution < 1.29 is 18.0 Å². The van der Waals surface area contributed by atoms with Gasteiger partial charge in [-0.05, 0) is 19.1 Å². The number of hydrogen-bond donors (Lipinski definition) is 2. The van der Waals surface area contributed by atoms with Crippen molar-refractivity contribution in [2.75, 3.05) is 11.1 Å². The Morgan fingerprint density at radius 2 is 2.06 bits per heavy atom. The molecule has 0 aliphatic carbocycles. The van der Waals surface area contributed by atoms with E-state index in [1.165, 1.54) is 12.3 Å². The fourth-order valence-corrected chi connectivity index (χ4v) is 1.47. The zero-order valence-electron chi connectivity index (χ0n) is 9.46. The monoisotopic (exact) mass is 252 g/mol. The molecule has 6 heteroatoms. The number of rotatable bonds is 2. The number of furan rings is 1. The van der Waals surface area contributed by atoms with E-state index in [4.69, 9.17) is 10.2 Å². The fourth-order valence-electron chi connectivity index (χ4n) is 1.47. The van der Waals surface area contributed by atoms with Crippen LogP contribution in [-0.4, -0.2) is 5.91 Å². The van der Waals surface area contributed by atoms with Crippen molar-refractivity contribution in [3.63, 3.8) is 0 Å². The Hall–Kier alpha value is -2.37. The van der Waals surface area contributed by atoms with Gasteiger partial charge >= 0.3 is 0 Å². The van der Waals surface area contributed by atoms with E-state index in [2.05, 4.69) is 5.32 Å². The van der Waals surface area contributed by atoms with E-state index in [1.807, 2.05) is 0 Å². The highest BCUT2D eigenvalue weighted by Gasteiger charge is 2.15. The Labute approximate surface area is 101 Å². The van der Waals surface area contributed by atoms with Crippen LogP contribution in [0.1, 0.15) is 16.1 Å². The Balaban J connectivity index is 2.28. The maximum atomic E-state index is 13.4. The number of carbonyl (C=O) groups excluding carboxylic acids is 1. The summed E-state index contributed by atoms with van der Waals surface area (Å²) in [5, 5.41) is 2.30. The van der Waals surface area contributed by atoms with Crippen LogP contribution in [0.3, 0.4) is 0 Å². The van der Waals surface area contributed by atoms with E-state index < -0.39 is 17.5 Å². The molecule has 0 aliphatic rings. The van der Waals surface area contributed by atoms with Gasteiger partial charge in [-0.3, -0.25) is 4.79 Å². The van der Waals surface area contributed by atoms with Gasteiger partial charge in [-0.2, -0.15) is 0 Å². The first kappa shape index (κ1) is 12.1. The summed E-state index contributed by atoms with van der Waals surface area (Å²) < 4.78 is 31.3. The molecule has 2 rings (SSSR count). The topological polar surface area (TPSA) is 68.3 Å². The molecule has 1 heterocycles. The lowest BCUT2D eigenvalue weighted by Gasteiger charge is -2.07. The van der Waals surface area contributed by atoms with Crippen molar-refractivity contribution in [3.05, 3.63) is 47.4 Å². The minimum absolute atomic E-state index is 0.181. The third kappa shape index (κ3) is 2.17. The summed E-state index contributed by atoms with van der Waals surface area (Å²) in [7, 11) is 0. The lowest BCUT2D eigenvalue weighted by molar-refractivity contribution is 0.102. The first-order valence-electron chi connectivity index (χ1n) is 5.09. The summed E-state index contributed by atoms with van der Waals surface area (Å²) in [6.07, 6.45) is 1.35. The molecule has 0 fully saturated rings. The number of nitrogens with one attached hydrogen (secondary N) is 1. The third-order valence-electron chi connectivity index (χ3n) is 2.44. The van der Waals surface area contributed by atoms with Crippen molar-refractivity contribution in [1.29, 1.82) is 0 Å². The molecule has 2 aromatic rings. The molecular formula is C12H10F2N2O2. The maximum absolute atomic E-state index is 13.4. The number of anilines is 2. The third-order valence-corrected chi connectivity index (χ3v) is 2.44. The van der Waals surface area contributed by atoms with Gasteiger partial charge in [0.25, 0.3) is 5.91 Å². The normalized spacial score (nSPS) is 10.4. The highest BCUT2D eigenvalue weighted by Crippen LogP contribution is 2.22. The molecule has 0 atom stereocenters. The molecule has 1 aromatic heterocycles. The number of carbonyl (C=O) groups is 1. The Morgan fingerprint density at radius 1 is 1.33 bits per heavy atom. The van der Waals surface area contributed by atoms with Gasteiger partial charge in [0.15, 0.2) is 0 Å². The Morgan fingerprint density at radius 3 is 2.67 bits per heavy atom. The van der Waals surface area contributed by atoms with Crippen LogP contribution in [0.5, 0.6) is 0 Å². The number of halogens is 2. The van der Waals surface area contributed by atoms with E-state index in [1.54, 1.807) is 6.92 Å². The smallest absolute Gasteiger partial charge is 0.259 e. The zero-order valence-corrected chi connectivity index (χ0v) is 9.46. The molecule has 1 aromatic carbocycles. The lowest BCUT2D eigenvalue weighted by Crippen LogP contribution is -2.13.